The number of aryl methyl sites for hydroxylation is 1. The van der Waals surface area contributed by atoms with E-state index in [4.69, 9.17) is 0 Å². The fourth-order valence-corrected chi connectivity index (χ4v) is 2.08. The Morgan fingerprint density at radius 2 is 1.88 bits per heavy atom. The summed E-state index contributed by atoms with van der Waals surface area (Å²) in [5.74, 6) is 0.821. The molecule has 0 aliphatic carbocycles. The third kappa shape index (κ3) is 2.33. The maximum atomic E-state index is 11.3. The number of carbonyl (C=O) groups is 1. The predicted octanol–water partition coefficient (Wildman–Crippen LogP) is 2.31. The van der Waals surface area contributed by atoms with Crippen molar-refractivity contribution in [2.75, 3.05) is 0 Å². The van der Waals surface area contributed by atoms with Crippen LogP contribution < -0.4 is 0 Å². The van der Waals surface area contributed by atoms with Crippen LogP contribution in [0.2, 0.25) is 0 Å². The number of nitrogens with zero attached hydrogens (tertiary/aromatic N) is 3. The van der Waals surface area contributed by atoms with E-state index in [9.17, 15) is 9.90 Å². The van der Waals surface area contributed by atoms with Gasteiger partial charge in [0.15, 0.2) is 0 Å². The molecule has 0 saturated heterocycles. The largest absolute Gasteiger partial charge is 0.480 e. The van der Waals surface area contributed by atoms with Crippen LogP contribution in [0.1, 0.15) is 58.1 Å². The minimum atomic E-state index is -1.01. The smallest absolute Gasteiger partial charge is 0.329 e. The molecule has 0 atom stereocenters. The number of carboxylic acids is 1. The highest BCUT2D eigenvalue weighted by atomic mass is 16.4. The van der Waals surface area contributed by atoms with Gasteiger partial charge >= 0.3 is 5.97 Å². The Hall–Kier alpha value is -1.39. The molecule has 0 unspecified atom stereocenters. The minimum Gasteiger partial charge on any atom is -0.480 e. The maximum absolute atomic E-state index is 11.3. The van der Waals surface area contributed by atoms with Crippen LogP contribution in [0.15, 0.2) is 0 Å². The fraction of sp³-hybridized carbons (Fsp3) is 0.750. The summed E-state index contributed by atoms with van der Waals surface area (Å²) < 4.78 is 1.74. The summed E-state index contributed by atoms with van der Waals surface area (Å²) in [6.07, 6.45) is 1.87. The maximum Gasteiger partial charge on any atom is 0.329 e. The first-order chi connectivity index (χ1) is 7.86. The molecule has 0 fully saturated rings. The molecule has 17 heavy (non-hydrogen) atoms. The van der Waals surface area contributed by atoms with Crippen LogP contribution in [-0.2, 0) is 10.3 Å². The van der Waals surface area contributed by atoms with Crippen molar-refractivity contribution in [3.05, 3.63) is 11.6 Å². The second-order valence-corrected chi connectivity index (χ2v) is 4.82. The average molecular weight is 239 g/mol. The van der Waals surface area contributed by atoms with Gasteiger partial charge in [0.25, 0.3) is 0 Å². The molecule has 0 radical (unpaired) electrons. The molecular weight excluding hydrogens is 218 g/mol. The van der Waals surface area contributed by atoms with E-state index < -0.39 is 11.5 Å². The molecule has 0 aliphatic heterocycles. The van der Waals surface area contributed by atoms with Gasteiger partial charge in [-0.25, -0.2) is 4.79 Å². The number of hydrogen-bond donors (Lipinski definition) is 1. The molecule has 0 aliphatic rings. The van der Waals surface area contributed by atoms with Crippen molar-refractivity contribution < 1.29 is 9.90 Å². The van der Waals surface area contributed by atoms with Gasteiger partial charge in [0, 0.05) is 5.92 Å². The van der Waals surface area contributed by atoms with Crippen molar-refractivity contribution >= 4 is 5.97 Å². The lowest BCUT2D eigenvalue weighted by Crippen LogP contribution is -2.38. The van der Waals surface area contributed by atoms with Gasteiger partial charge in [0.2, 0.25) is 0 Å². The summed E-state index contributed by atoms with van der Waals surface area (Å²) in [6, 6.07) is 0. The van der Waals surface area contributed by atoms with Crippen LogP contribution in [0.4, 0.5) is 0 Å². The zero-order valence-electron chi connectivity index (χ0n) is 11.2. The van der Waals surface area contributed by atoms with Gasteiger partial charge in [-0.05, 0) is 33.6 Å². The van der Waals surface area contributed by atoms with E-state index in [0.717, 1.165) is 18.7 Å². The van der Waals surface area contributed by atoms with Crippen molar-refractivity contribution in [2.24, 2.45) is 0 Å². The monoisotopic (exact) mass is 239 g/mol. The van der Waals surface area contributed by atoms with Crippen LogP contribution in [0, 0.1) is 6.92 Å². The summed E-state index contributed by atoms with van der Waals surface area (Å²) in [5, 5.41) is 17.5. The summed E-state index contributed by atoms with van der Waals surface area (Å²) in [7, 11) is 0. The second kappa shape index (κ2) is 4.85. The first kappa shape index (κ1) is 13.7. The normalized spacial score (nSPS) is 12.1. The van der Waals surface area contributed by atoms with Gasteiger partial charge in [-0.1, -0.05) is 13.8 Å². The topological polar surface area (TPSA) is 68.0 Å². The lowest BCUT2D eigenvalue weighted by Gasteiger charge is -2.26. The van der Waals surface area contributed by atoms with E-state index >= 15 is 0 Å². The van der Waals surface area contributed by atoms with Gasteiger partial charge in [-0.3, -0.25) is 4.57 Å². The number of aromatic nitrogens is 3. The Kier molecular flexibility index (Phi) is 3.91. The molecule has 0 spiro atoms. The summed E-state index contributed by atoms with van der Waals surface area (Å²) >= 11 is 0. The molecule has 0 amide bonds. The molecule has 1 heterocycles. The number of rotatable bonds is 5. The molecule has 1 N–H and O–H groups in total. The zero-order valence-corrected chi connectivity index (χ0v) is 11.2. The number of hydrogen-bond acceptors (Lipinski definition) is 3. The van der Waals surface area contributed by atoms with E-state index in [1.54, 1.807) is 25.3 Å². The van der Waals surface area contributed by atoms with E-state index in [0.29, 0.717) is 5.82 Å². The molecule has 5 heteroatoms. The highest BCUT2D eigenvalue weighted by molar-refractivity contribution is 5.75. The van der Waals surface area contributed by atoms with Crippen molar-refractivity contribution in [3.63, 3.8) is 0 Å². The standard InChI is InChI=1S/C12H21N3O2/c1-6-9(7-2)10-14-13-8(3)15(10)12(4,5)11(16)17/h9H,6-7H2,1-5H3,(H,16,17). The van der Waals surface area contributed by atoms with E-state index in [-0.39, 0.29) is 5.92 Å². The van der Waals surface area contributed by atoms with Gasteiger partial charge in [0.1, 0.15) is 17.2 Å². The molecular formula is C12H21N3O2. The average Bonchev–Trinajstić information content (AvgIpc) is 2.62. The summed E-state index contributed by atoms with van der Waals surface area (Å²) in [4.78, 5) is 11.3. The Bertz CT molecular complexity index is 406. The first-order valence-corrected chi connectivity index (χ1v) is 6.02. The third-order valence-corrected chi connectivity index (χ3v) is 3.28. The van der Waals surface area contributed by atoms with Crippen LogP contribution in [0.5, 0.6) is 0 Å². The molecule has 0 saturated carbocycles. The lowest BCUT2D eigenvalue weighted by molar-refractivity contribution is -0.145. The van der Waals surface area contributed by atoms with Crippen molar-refractivity contribution in [1.29, 1.82) is 0 Å². The quantitative estimate of drug-likeness (QED) is 0.856. The Balaban J connectivity index is 3.32. The molecule has 0 aromatic carbocycles. The molecule has 1 aromatic rings. The minimum absolute atomic E-state index is 0.259. The van der Waals surface area contributed by atoms with E-state index in [1.165, 1.54) is 0 Å². The number of carboxylic acid groups (broad SMARTS) is 1. The van der Waals surface area contributed by atoms with Crippen LogP contribution >= 0.6 is 0 Å². The van der Waals surface area contributed by atoms with Crippen LogP contribution in [-0.4, -0.2) is 25.8 Å². The highest BCUT2D eigenvalue weighted by Crippen LogP contribution is 2.27. The van der Waals surface area contributed by atoms with Crippen molar-refractivity contribution in [3.8, 4) is 0 Å². The summed E-state index contributed by atoms with van der Waals surface area (Å²) in [6.45, 7) is 9.31. The van der Waals surface area contributed by atoms with Crippen molar-refractivity contribution in [2.45, 2.75) is 58.9 Å². The van der Waals surface area contributed by atoms with Crippen LogP contribution in [0.3, 0.4) is 0 Å². The number of aliphatic carboxylic acids is 1. The third-order valence-electron chi connectivity index (χ3n) is 3.28. The predicted molar refractivity (Wildman–Crippen MR) is 65.0 cm³/mol. The van der Waals surface area contributed by atoms with E-state index in [2.05, 4.69) is 24.0 Å². The molecule has 5 nitrogen and oxygen atoms in total. The van der Waals surface area contributed by atoms with Gasteiger partial charge in [0.05, 0.1) is 0 Å². The SMILES string of the molecule is CCC(CC)c1nnc(C)n1C(C)(C)C(=O)O. The molecule has 0 bridgehead atoms. The fourth-order valence-electron chi connectivity index (χ4n) is 2.08. The molecule has 96 valence electrons. The second-order valence-electron chi connectivity index (χ2n) is 4.82. The highest BCUT2D eigenvalue weighted by Gasteiger charge is 2.34. The Morgan fingerprint density at radius 3 is 2.29 bits per heavy atom. The van der Waals surface area contributed by atoms with E-state index in [1.807, 2.05) is 0 Å². The molecule has 1 aromatic heterocycles. The lowest BCUT2D eigenvalue weighted by atomic mass is 9.99. The molecule has 1 rings (SSSR count). The van der Waals surface area contributed by atoms with Gasteiger partial charge in [-0.2, -0.15) is 0 Å². The van der Waals surface area contributed by atoms with Crippen LogP contribution in [0.25, 0.3) is 0 Å². The van der Waals surface area contributed by atoms with Gasteiger partial charge < -0.3 is 5.11 Å². The Morgan fingerprint density at radius 1 is 1.35 bits per heavy atom. The first-order valence-electron chi connectivity index (χ1n) is 6.02. The Labute approximate surface area is 102 Å². The van der Waals surface area contributed by atoms with Gasteiger partial charge in [-0.15, -0.1) is 10.2 Å². The summed E-state index contributed by atoms with van der Waals surface area (Å²) in [5.41, 5.74) is -1.01. The van der Waals surface area contributed by atoms with Crippen molar-refractivity contribution in [1.82, 2.24) is 14.8 Å². The zero-order chi connectivity index (χ0) is 13.2.